The summed E-state index contributed by atoms with van der Waals surface area (Å²) in [5.74, 6) is 0.503. The van der Waals surface area contributed by atoms with Crippen molar-refractivity contribution in [3.05, 3.63) is 23.0 Å². The molecule has 0 aliphatic carbocycles. The Hall–Kier alpha value is -1.00. The Morgan fingerprint density at radius 2 is 2.25 bits per heavy atom. The predicted molar refractivity (Wildman–Crippen MR) is 82.1 cm³/mol. The van der Waals surface area contributed by atoms with Gasteiger partial charge in [0.2, 0.25) is 0 Å². The number of hydrogen-bond acceptors (Lipinski definition) is 2. The van der Waals surface area contributed by atoms with E-state index in [0.29, 0.717) is 23.2 Å². The molecule has 2 atom stereocenters. The van der Waals surface area contributed by atoms with Crippen LogP contribution in [0.1, 0.15) is 50.1 Å². The molecular weight excluding hydrogens is 274 g/mol. The van der Waals surface area contributed by atoms with E-state index in [-0.39, 0.29) is 18.0 Å². The second kappa shape index (κ2) is 6.19. The number of carbonyl (C=O) groups excluding carboxylic acids is 1. The first-order valence-corrected chi connectivity index (χ1v) is 7.72. The highest BCUT2D eigenvalue weighted by molar-refractivity contribution is 6.31. The molecule has 20 heavy (non-hydrogen) atoms. The van der Waals surface area contributed by atoms with E-state index in [0.717, 1.165) is 19.4 Å². The first-order valence-electron chi connectivity index (χ1n) is 7.34. The largest absolute Gasteiger partial charge is 0.339 e. The fourth-order valence-corrected chi connectivity index (χ4v) is 3.26. The van der Waals surface area contributed by atoms with Crippen LogP contribution < -0.4 is 5.73 Å². The standard InChI is InChI=1S/C15H24ClN3O/c1-10(2)19-9-12(16)7-13(19)15(20)18-6-4-5-11(3)14(18)8-17/h7,9-11,14H,4-6,8,17H2,1-3H3. The zero-order valence-corrected chi connectivity index (χ0v) is 13.2. The number of likely N-dealkylation sites (tertiary alicyclic amines) is 1. The summed E-state index contributed by atoms with van der Waals surface area (Å²) >= 11 is 6.08. The lowest BCUT2D eigenvalue weighted by Crippen LogP contribution is -2.51. The summed E-state index contributed by atoms with van der Waals surface area (Å²) in [6.45, 7) is 7.57. The quantitative estimate of drug-likeness (QED) is 0.932. The van der Waals surface area contributed by atoms with Crippen LogP contribution in [0.15, 0.2) is 12.3 Å². The van der Waals surface area contributed by atoms with Gasteiger partial charge in [-0.1, -0.05) is 18.5 Å². The summed E-state index contributed by atoms with van der Waals surface area (Å²) in [5, 5.41) is 0.608. The number of amides is 1. The number of nitrogens with two attached hydrogens (primary N) is 1. The van der Waals surface area contributed by atoms with E-state index in [1.165, 1.54) is 0 Å². The van der Waals surface area contributed by atoms with Crippen LogP contribution in [-0.2, 0) is 0 Å². The Morgan fingerprint density at radius 3 is 2.85 bits per heavy atom. The van der Waals surface area contributed by atoms with E-state index in [9.17, 15) is 4.79 Å². The molecule has 1 aromatic rings. The molecule has 0 bridgehead atoms. The molecule has 112 valence electrons. The Kier molecular flexibility index (Phi) is 4.76. The van der Waals surface area contributed by atoms with E-state index in [4.69, 9.17) is 17.3 Å². The molecule has 2 N–H and O–H groups in total. The Morgan fingerprint density at radius 1 is 1.55 bits per heavy atom. The van der Waals surface area contributed by atoms with E-state index >= 15 is 0 Å². The monoisotopic (exact) mass is 297 g/mol. The molecule has 2 unspecified atom stereocenters. The second-order valence-corrected chi connectivity index (χ2v) is 6.40. The summed E-state index contributed by atoms with van der Waals surface area (Å²) < 4.78 is 1.94. The second-order valence-electron chi connectivity index (χ2n) is 5.97. The van der Waals surface area contributed by atoms with E-state index < -0.39 is 0 Å². The fourth-order valence-electron chi connectivity index (χ4n) is 3.05. The van der Waals surface area contributed by atoms with Crippen molar-refractivity contribution in [2.75, 3.05) is 13.1 Å². The topological polar surface area (TPSA) is 51.3 Å². The van der Waals surface area contributed by atoms with Crippen molar-refractivity contribution in [3.63, 3.8) is 0 Å². The van der Waals surface area contributed by atoms with Crippen LogP contribution in [0.5, 0.6) is 0 Å². The highest BCUT2D eigenvalue weighted by Crippen LogP contribution is 2.26. The van der Waals surface area contributed by atoms with Crippen LogP contribution >= 0.6 is 11.6 Å². The Balaban J connectivity index is 2.30. The zero-order chi connectivity index (χ0) is 14.9. The first-order chi connectivity index (χ1) is 9.45. The summed E-state index contributed by atoms with van der Waals surface area (Å²) in [6.07, 6.45) is 4.00. The van der Waals surface area contributed by atoms with Gasteiger partial charge in [0.25, 0.3) is 5.91 Å². The number of hydrogen-bond donors (Lipinski definition) is 1. The molecule has 5 heteroatoms. The molecule has 2 heterocycles. The van der Waals surface area contributed by atoms with Crippen molar-refractivity contribution in [3.8, 4) is 0 Å². The maximum absolute atomic E-state index is 12.8. The van der Waals surface area contributed by atoms with Gasteiger partial charge in [-0.25, -0.2) is 0 Å². The normalized spacial score (nSPS) is 23.4. The molecule has 1 fully saturated rings. The van der Waals surface area contributed by atoms with Crippen molar-refractivity contribution in [1.29, 1.82) is 0 Å². The van der Waals surface area contributed by atoms with Gasteiger partial charge in [0.1, 0.15) is 5.69 Å². The smallest absolute Gasteiger partial charge is 0.270 e. The molecule has 0 radical (unpaired) electrons. The third-order valence-electron chi connectivity index (χ3n) is 4.21. The van der Waals surface area contributed by atoms with Crippen molar-refractivity contribution >= 4 is 17.5 Å². The van der Waals surface area contributed by atoms with Gasteiger partial charge in [0.05, 0.1) is 5.02 Å². The van der Waals surface area contributed by atoms with Crippen LogP contribution in [0, 0.1) is 5.92 Å². The van der Waals surface area contributed by atoms with Gasteiger partial charge in [-0.15, -0.1) is 0 Å². The molecule has 4 nitrogen and oxygen atoms in total. The SMILES string of the molecule is CC1CCCN(C(=O)c2cc(Cl)cn2C(C)C)C1CN. The minimum atomic E-state index is 0.0487. The fraction of sp³-hybridized carbons (Fsp3) is 0.667. The van der Waals surface area contributed by atoms with Gasteiger partial charge >= 0.3 is 0 Å². The minimum Gasteiger partial charge on any atom is -0.339 e. The third-order valence-corrected chi connectivity index (χ3v) is 4.42. The number of nitrogens with zero attached hydrogens (tertiary/aromatic N) is 2. The number of rotatable bonds is 3. The molecule has 0 aromatic carbocycles. The molecule has 2 rings (SSSR count). The van der Waals surface area contributed by atoms with Crippen molar-refractivity contribution < 1.29 is 4.79 Å². The third kappa shape index (κ3) is 2.86. The van der Waals surface area contributed by atoms with Gasteiger partial charge in [-0.3, -0.25) is 4.79 Å². The molecule has 0 saturated carbocycles. The molecule has 1 saturated heterocycles. The maximum Gasteiger partial charge on any atom is 0.270 e. The minimum absolute atomic E-state index is 0.0487. The van der Waals surface area contributed by atoms with Crippen LogP contribution in [0.4, 0.5) is 0 Å². The van der Waals surface area contributed by atoms with Gasteiger partial charge in [-0.2, -0.15) is 0 Å². The highest BCUT2D eigenvalue weighted by atomic mass is 35.5. The van der Waals surface area contributed by atoms with Crippen molar-refractivity contribution in [1.82, 2.24) is 9.47 Å². The molecule has 1 aliphatic rings. The summed E-state index contributed by atoms with van der Waals surface area (Å²) in [4.78, 5) is 14.8. The Bertz CT molecular complexity index is 483. The number of aromatic nitrogens is 1. The molecule has 1 aliphatic heterocycles. The van der Waals surface area contributed by atoms with Crippen LogP contribution in [0.2, 0.25) is 5.02 Å². The zero-order valence-electron chi connectivity index (χ0n) is 12.5. The van der Waals surface area contributed by atoms with E-state index in [2.05, 4.69) is 6.92 Å². The number of halogens is 1. The van der Waals surface area contributed by atoms with Crippen molar-refractivity contribution in [2.24, 2.45) is 11.7 Å². The number of carbonyl (C=O) groups is 1. The molecular formula is C15H24ClN3O. The van der Waals surface area contributed by atoms with Crippen LogP contribution in [0.25, 0.3) is 0 Å². The lowest BCUT2D eigenvalue weighted by atomic mass is 9.90. The van der Waals surface area contributed by atoms with Gasteiger partial charge in [-0.05, 0) is 38.7 Å². The van der Waals surface area contributed by atoms with Crippen LogP contribution in [-0.4, -0.2) is 34.5 Å². The molecule has 1 aromatic heterocycles. The lowest BCUT2D eigenvalue weighted by molar-refractivity contribution is 0.0520. The van der Waals surface area contributed by atoms with E-state index in [1.54, 1.807) is 6.07 Å². The molecule has 0 spiro atoms. The average Bonchev–Trinajstić information content (AvgIpc) is 2.80. The van der Waals surface area contributed by atoms with Gasteiger partial charge < -0.3 is 15.2 Å². The summed E-state index contributed by atoms with van der Waals surface area (Å²) in [5.41, 5.74) is 6.54. The van der Waals surface area contributed by atoms with Crippen LogP contribution in [0.3, 0.4) is 0 Å². The Labute approximate surface area is 125 Å². The van der Waals surface area contributed by atoms with Gasteiger partial charge in [0.15, 0.2) is 0 Å². The van der Waals surface area contributed by atoms with Gasteiger partial charge in [0, 0.05) is 31.4 Å². The number of piperidine rings is 1. The summed E-state index contributed by atoms with van der Waals surface area (Å²) in [7, 11) is 0. The lowest BCUT2D eigenvalue weighted by Gasteiger charge is -2.39. The summed E-state index contributed by atoms with van der Waals surface area (Å²) in [6, 6.07) is 2.10. The highest BCUT2D eigenvalue weighted by Gasteiger charge is 2.32. The van der Waals surface area contributed by atoms with E-state index in [1.807, 2.05) is 29.5 Å². The predicted octanol–water partition coefficient (Wildman–Crippen LogP) is 2.92. The first kappa shape index (κ1) is 15.4. The molecule has 1 amide bonds. The average molecular weight is 298 g/mol. The van der Waals surface area contributed by atoms with Crippen molar-refractivity contribution in [2.45, 2.75) is 45.7 Å². The maximum atomic E-state index is 12.8.